The normalized spacial score (nSPS) is 13.5. The van der Waals surface area contributed by atoms with E-state index in [2.05, 4.69) is 0 Å². The standard InChI is InChI=1S/C24H30NO4PS2/c1-23(2,3)31(26,27)21-15-9-7-13-19(21)30(25-17-11-12-18-25)20-14-8-10-16-22(20)32(28,29)24(4,5)6/h7-18H,1-6H3. The highest BCUT2D eigenvalue weighted by molar-refractivity contribution is 7.94. The predicted octanol–water partition coefficient (Wildman–Crippen LogP) is 4.53. The smallest absolute Gasteiger partial charge is 0.183 e. The summed E-state index contributed by atoms with van der Waals surface area (Å²) in [4.78, 5) is 0.463. The van der Waals surface area contributed by atoms with Crippen molar-refractivity contribution in [3.8, 4) is 0 Å². The van der Waals surface area contributed by atoms with Gasteiger partial charge in [0.25, 0.3) is 0 Å². The maximum atomic E-state index is 13.5. The lowest BCUT2D eigenvalue weighted by Crippen LogP contribution is -2.35. The van der Waals surface area contributed by atoms with E-state index in [9.17, 15) is 16.8 Å². The first-order chi connectivity index (χ1) is 14.7. The summed E-state index contributed by atoms with van der Waals surface area (Å²) in [5, 5.41) is 1.20. The van der Waals surface area contributed by atoms with Crippen molar-refractivity contribution in [3.05, 3.63) is 73.1 Å². The summed E-state index contributed by atoms with van der Waals surface area (Å²) in [6, 6.07) is 17.6. The molecule has 0 fully saturated rings. The Morgan fingerprint density at radius 1 is 0.594 bits per heavy atom. The summed E-state index contributed by atoms with van der Waals surface area (Å²) in [6.07, 6.45) is 3.71. The molecule has 1 aromatic heterocycles. The van der Waals surface area contributed by atoms with Crippen LogP contribution >= 0.6 is 8.07 Å². The van der Waals surface area contributed by atoms with E-state index in [4.69, 9.17) is 0 Å². The van der Waals surface area contributed by atoms with Gasteiger partial charge in [-0.05, 0) is 65.8 Å². The van der Waals surface area contributed by atoms with E-state index in [1.165, 1.54) is 0 Å². The summed E-state index contributed by atoms with van der Waals surface area (Å²) in [7, 11) is -8.86. The molecule has 0 aliphatic carbocycles. The first-order valence-electron chi connectivity index (χ1n) is 10.3. The number of benzene rings is 2. The quantitative estimate of drug-likeness (QED) is 0.492. The Morgan fingerprint density at radius 3 is 1.28 bits per heavy atom. The van der Waals surface area contributed by atoms with Crippen LogP contribution in [0.5, 0.6) is 0 Å². The second-order valence-electron chi connectivity index (χ2n) is 9.54. The minimum absolute atomic E-state index is 0.232. The van der Waals surface area contributed by atoms with Crippen molar-refractivity contribution >= 4 is 38.4 Å². The Kier molecular flexibility index (Phi) is 6.51. The van der Waals surface area contributed by atoms with Crippen molar-refractivity contribution in [2.75, 3.05) is 0 Å². The molecule has 0 saturated carbocycles. The van der Waals surface area contributed by atoms with Crippen LogP contribution in [-0.4, -0.2) is 30.7 Å². The Labute approximate surface area is 193 Å². The Morgan fingerprint density at radius 2 is 0.938 bits per heavy atom. The summed E-state index contributed by atoms with van der Waals surface area (Å²) in [6.45, 7) is 10.1. The number of aromatic nitrogens is 1. The van der Waals surface area contributed by atoms with Crippen LogP contribution in [-0.2, 0) is 19.7 Å². The number of sulfone groups is 2. The van der Waals surface area contributed by atoms with Crippen LogP contribution in [0, 0.1) is 0 Å². The highest BCUT2D eigenvalue weighted by atomic mass is 32.2. The molecule has 0 N–H and O–H groups in total. The Bertz CT molecular complexity index is 1230. The van der Waals surface area contributed by atoms with Crippen molar-refractivity contribution in [2.24, 2.45) is 0 Å². The lowest BCUT2D eigenvalue weighted by atomic mass is 10.3. The van der Waals surface area contributed by atoms with Gasteiger partial charge in [0.05, 0.1) is 27.4 Å². The van der Waals surface area contributed by atoms with Gasteiger partial charge in [-0.3, -0.25) is 0 Å². The molecule has 3 rings (SSSR count). The molecule has 2 aromatic carbocycles. The first kappa shape index (κ1) is 24.7. The van der Waals surface area contributed by atoms with Crippen molar-refractivity contribution in [1.82, 2.24) is 4.34 Å². The second kappa shape index (κ2) is 8.44. The minimum atomic E-state index is -3.67. The fraction of sp³-hybridized carbons (Fsp3) is 0.333. The van der Waals surface area contributed by atoms with E-state index < -0.39 is 37.2 Å². The number of hydrogen-bond donors (Lipinski definition) is 0. The molecule has 0 saturated heterocycles. The molecule has 0 aliphatic heterocycles. The summed E-state index contributed by atoms with van der Waals surface area (Å²) < 4.78 is 53.9. The van der Waals surface area contributed by atoms with Gasteiger partial charge < -0.3 is 4.34 Å². The molecule has 0 radical (unpaired) electrons. The van der Waals surface area contributed by atoms with E-state index in [0.717, 1.165) is 0 Å². The van der Waals surface area contributed by atoms with Crippen LogP contribution in [0.15, 0.2) is 82.8 Å². The molecule has 0 bridgehead atoms. The van der Waals surface area contributed by atoms with E-state index in [0.29, 0.717) is 10.6 Å². The van der Waals surface area contributed by atoms with Gasteiger partial charge in [0.1, 0.15) is 0 Å². The van der Waals surface area contributed by atoms with E-state index in [-0.39, 0.29) is 9.79 Å². The van der Waals surface area contributed by atoms with Crippen LogP contribution in [0.25, 0.3) is 0 Å². The van der Waals surface area contributed by atoms with Crippen LogP contribution in [0.2, 0.25) is 0 Å². The highest BCUT2D eigenvalue weighted by Gasteiger charge is 2.38. The van der Waals surface area contributed by atoms with E-state index in [1.807, 2.05) is 28.9 Å². The van der Waals surface area contributed by atoms with Crippen molar-refractivity contribution < 1.29 is 16.8 Å². The van der Waals surface area contributed by atoms with Gasteiger partial charge in [0.15, 0.2) is 19.7 Å². The lowest BCUT2D eigenvalue weighted by Gasteiger charge is -2.29. The molecule has 5 nitrogen and oxygen atoms in total. The van der Waals surface area contributed by atoms with Crippen LogP contribution in [0.1, 0.15) is 41.5 Å². The van der Waals surface area contributed by atoms with Gasteiger partial charge in [-0.1, -0.05) is 36.4 Å². The summed E-state index contributed by atoms with van der Waals surface area (Å²) in [5.74, 6) is 0. The Balaban J connectivity index is 2.40. The molecular weight excluding hydrogens is 461 g/mol. The lowest BCUT2D eigenvalue weighted by molar-refractivity contribution is 0.560. The second-order valence-corrected chi connectivity index (χ2v) is 16.9. The van der Waals surface area contributed by atoms with Gasteiger partial charge in [-0.25, -0.2) is 16.8 Å². The largest absolute Gasteiger partial charge is 0.325 e. The molecule has 0 atom stereocenters. The number of hydrogen-bond acceptors (Lipinski definition) is 4. The minimum Gasteiger partial charge on any atom is -0.325 e. The van der Waals surface area contributed by atoms with Crippen LogP contribution < -0.4 is 10.6 Å². The highest BCUT2D eigenvalue weighted by Crippen LogP contribution is 2.42. The molecule has 3 aromatic rings. The molecule has 0 unspecified atom stereocenters. The van der Waals surface area contributed by atoms with Crippen molar-refractivity contribution in [2.45, 2.75) is 60.8 Å². The van der Waals surface area contributed by atoms with E-state index >= 15 is 0 Å². The topological polar surface area (TPSA) is 73.2 Å². The average molecular weight is 492 g/mol. The monoisotopic (exact) mass is 491 g/mol. The summed E-state index contributed by atoms with van der Waals surface area (Å²) in [5.41, 5.74) is 0. The molecule has 0 amide bonds. The molecule has 32 heavy (non-hydrogen) atoms. The Hall–Kier alpha value is -1.95. The van der Waals surface area contributed by atoms with Crippen LogP contribution in [0.3, 0.4) is 0 Å². The van der Waals surface area contributed by atoms with Gasteiger partial charge in [0, 0.05) is 23.0 Å². The number of nitrogens with zero attached hydrogens (tertiary/aromatic N) is 1. The number of rotatable bonds is 5. The molecular formula is C24H30NO4PS2. The predicted molar refractivity (Wildman–Crippen MR) is 133 cm³/mol. The van der Waals surface area contributed by atoms with Gasteiger partial charge in [-0.15, -0.1) is 0 Å². The third kappa shape index (κ3) is 4.30. The zero-order chi connectivity index (χ0) is 23.9. The van der Waals surface area contributed by atoms with Gasteiger partial charge >= 0.3 is 0 Å². The molecule has 1 heterocycles. The van der Waals surface area contributed by atoms with Gasteiger partial charge in [-0.2, -0.15) is 0 Å². The van der Waals surface area contributed by atoms with Crippen molar-refractivity contribution in [1.29, 1.82) is 0 Å². The van der Waals surface area contributed by atoms with Crippen molar-refractivity contribution in [3.63, 3.8) is 0 Å². The zero-order valence-electron chi connectivity index (χ0n) is 19.3. The molecule has 0 spiro atoms. The third-order valence-corrected chi connectivity index (χ3v) is 13.0. The van der Waals surface area contributed by atoms with E-state index in [1.54, 1.807) is 90.1 Å². The fourth-order valence-corrected chi connectivity index (χ4v) is 9.18. The third-order valence-electron chi connectivity index (χ3n) is 5.20. The van der Waals surface area contributed by atoms with Gasteiger partial charge in [0.2, 0.25) is 0 Å². The molecule has 0 aliphatic rings. The molecule has 8 heteroatoms. The average Bonchev–Trinajstić information content (AvgIpc) is 3.21. The maximum absolute atomic E-state index is 13.5. The zero-order valence-corrected chi connectivity index (χ0v) is 21.8. The molecule has 172 valence electrons. The summed E-state index contributed by atoms with van der Waals surface area (Å²) >= 11 is 0. The maximum Gasteiger partial charge on any atom is 0.183 e. The fourth-order valence-electron chi connectivity index (χ4n) is 3.22. The first-order valence-corrected chi connectivity index (χ1v) is 14.6. The van der Waals surface area contributed by atoms with Crippen LogP contribution in [0.4, 0.5) is 0 Å². The SMILES string of the molecule is CC(C)(C)S(=O)(=O)c1ccccc1P(c1ccccc1S(=O)(=O)C(C)(C)C)n1cccc1.